The van der Waals surface area contributed by atoms with Crippen LogP contribution in [0.1, 0.15) is 27.7 Å². The van der Waals surface area contributed by atoms with Crippen LogP contribution in [-0.2, 0) is 0 Å². The lowest BCUT2D eigenvalue weighted by atomic mass is 9.81. The molecular weight excluding hydrogens is 218 g/mol. The minimum atomic E-state index is -0.468. The molecule has 0 fully saturated rings. The van der Waals surface area contributed by atoms with Crippen molar-refractivity contribution >= 4 is 11.5 Å². The molecule has 0 amide bonds. The third-order valence-corrected chi connectivity index (χ3v) is 3.26. The quantitative estimate of drug-likeness (QED) is 0.631. The van der Waals surface area contributed by atoms with Crippen LogP contribution in [0, 0.1) is 21.4 Å². The first-order valence-electron chi connectivity index (χ1n) is 5.68. The van der Waals surface area contributed by atoms with Gasteiger partial charge in [-0.1, -0.05) is 27.7 Å². The predicted octanol–water partition coefficient (Wildman–Crippen LogP) is 3.08. The molecule has 1 aromatic heterocycles. The summed E-state index contributed by atoms with van der Waals surface area (Å²) in [7, 11) is 0. The molecule has 0 radical (unpaired) electrons. The van der Waals surface area contributed by atoms with Gasteiger partial charge in [0, 0.05) is 6.54 Å². The van der Waals surface area contributed by atoms with E-state index >= 15 is 0 Å². The highest BCUT2D eigenvalue weighted by Crippen LogP contribution is 2.28. The van der Waals surface area contributed by atoms with E-state index in [-0.39, 0.29) is 11.2 Å². The summed E-state index contributed by atoms with van der Waals surface area (Å²) < 4.78 is 0. The summed E-state index contributed by atoms with van der Waals surface area (Å²) in [5.41, 5.74) is 0.551. The summed E-state index contributed by atoms with van der Waals surface area (Å²) in [5.74, 6) is 0.373. The van der Waals surface area contributed by atoms with E-state index in [4.69, 9.17) is 0 Å². The first-order chi connectivity index (χ1) is 7.84. The lowest BCUT2D eigenvalue weighted by molar-refractivity contribution is -0.388. The van der Waals surface area contributed by atoms with Crippen LogP contribution in [0.5, 0.6) is 0 Å². The Morgan fingerprint density at radius 1 is 1.53 bits per heavy atom. The van der Waals surface area contributed by atoms with Crippen molar-refractivity contribution < 1.29 is 4.92 Å². The van der Waals surface area contributed by atoms with Crippen LogP contribution in [-0.4, -0.2) is 16.5 Å². The van der Waals surface area contributed by atoms with Crippen molar-refractivity contribution in [1.82, 2.24) is 4.98 Å². The Labute approximate surface area is 101 Å². The summed E-state index contributed by atoms with van der Waals surface area (Å²) in [5, 5.41) is 13.9. The molecule has 1 heterocycles. The number of hydrogen-bond donors (Lipinski definition) is 1. The summed E-state index contributed by atoms with van der Waals surface area (Å²) >= 11 is 0. The maximum absolute atomic E-state index is 10.8. The number of pyridine rings is 1. The van der Waals surface area contributed by atoms with E-state index in [0.717, 1.165) is 0 Å². The van der Waals surface area contributed by atoms with E-state index in [2.05, 4.69) is 38.0 Å². The Bertz CT molecular complexity index is 402. The van der Waals surface area contributed by atoms with E-state index in [1.165, 1.54) is 6.20 Å². The van der Waals surface area contributed by atoms with Gasteiger partial charge in [0.15, 0.2) is 0 Å². The van der Waals surface area contributed by atoms with Crippen molar-refractivity contribution in [1.29, 1.82) is 0 Å². The molecule has 17 heavy (non-hydrogen) atoms. The zero-order chi connectivity index (χ0) is 13.1. The van der Waals surface area contributed by atoms with Gasteiger partial charge < -0.3 is 15.4 Å². The molecule has 5 heteroatoms. The first-order valence-corrected chi connectivity index (χ1v) is 5.68. The van der Waals surface area contributed by atoms with Crippen LogP contribution in [0.2, 0.25) is 0 Å². The van der Waals surface area contributed by atoms with Gasteiger partial charge in [-0.2, -0.15) is 0 Å². The zero-order valence-electron chi connectivity index (χ0n) is 10.7. The van der Waals surface area contributed by atoms with Gasteiger partial charge in [0.1, 0.15) is 11.9 Å². The van der Waals surface area contributed by atoms with Crippen molar-refractivity contribution in [2.24, 2.45) is 11.3 Å². The molecule has 0 bridgehead atoms. The van der Waals surface area contributed by atoms with Crippen LogP contribution in [0.3, 0.4) is 0 Å². The van der Waals surface area contributed by atoms with E-state index in [9.17, 15) is 10.1 Å². The second kappa shape index (κ2) is 5.12. The molecule has 1 N–H and O–H groups in total. The Hall–Kier alpha value is -1.65. The van der Waals surface area contributed by atoms with Gasteiger partial charge in [0.05, 0.1) is 0 Å². The number of rotatable bonds is 5. The fraction of sp³-hybridized carbons (Fsp3) is 0.583. The van der Waals surface area contributed by atoms with E-state index in [1.807, 2.05) is 0 Å². The van der Waals surface area contributed by atoms with Gasteiger partial charge in [-0.25, -0.2) is 0 Å². The number of hydrogen-bond acceptors (Lipinski definition) is 4. The van der Waals surface area contributed by atoms with Crippen LogP contribution < -0.4 is 5.32 Å². The third kappa shape index (κ3) is 3.41. The molecular formula is C12H19N3O2. The number of nitrogens with one attached hydrogen (secondary N) is 1. The summed E-state index contributed by atoms with van der Waals surface area (Å²) in [6.45, 7) is 9.22. The minimum absolute atomic E-state index is 0.0731. The molecule has 94 valence electrons. The molecule has 0 spiro atoms. The monoisotopic (exact) mass is 237 g/mol. The Morgan fingerprint density at radius 3 is 2.71 bits per heavy atom. The van der Waals surface area contributed by atoms with Crippen molar-refractivity contribution in [3.05, 3.63) is 28.4 Å². The fourth-order valence-electron chi connectivity index (χ4n) is 1.21. The van der Waals surface area contributed by atoms with Crippen molar-refractivity contribution in [2.45, 2.75) is 27.7 Å². The molecule has 0 aliphatic heterocycles. The average molecular weight is 237 g/mol. The second-order valence-corrected chi connectivity index (χ2v) is 5.13. The highest BCUT2D eigenvalue weighted by atomic mass is 16.6. The second-order valence-electron chi connectivity index (χ2n) is 5.13. The molecule has 0 saturated carbocycles. The maximum atomic E-state index is 10.8. The third-order valence-electron chi connectivity index (χ3n) is 3.26. The van der Waals surface area contributed by atoms with Crippen LogP contribution in [0.4, 0.5) is 11.5 Å². The van der Waals surface area contributed by atoms with Crippen LogP contribution in [0.15, 0.2) is 18.3 Å². The topological polar surface area (TPSA) is 68.1 Å². The predicted molar refractivity (Wildman–Crippen MR) is 68.0 cm³/mol. The van der Waals surface area contributed by atoms with Gasteiger partial charge >= 0.3 is 5.82 Å². The van der Waals surface area contributed by atoms with Crippen molar-refractivity contribution in [3.8, 4) is 0 Å². The minimum Gasteiger partial charge on any atom is -0.378 e. The standard InChI is InChI=1S/C12H19N3O2/c1-9(2)12(3,4)8-14-10-6-5-7-13-11(10)15(16)17/h5-7,9,14H,8H2,1-4H3. The van der Waals surface area contributed by atoms with Gasteiger partial charge in [0.2, 0.25) is 0 Å². The number of nitrogens with zero attached hydrogens (tertiary/aromatic N) is 2. The smallest absolute Gasteiger partial charge is 0.378 e. The van der Waals surface area contributed by atoms with E-state index in [0.29, 0.717) is 18.2 Å². The molecule has 0 atom stereocenters. The van der Waals surface area contributed by atoms with Crippen LogP contribution in [0.25, 0.3) is 0 Å². The Morgan fingerprint density at radius 2 is 2.18 bits per heavy atom. The van der Waals surface area contributed by atoms with E-state index < -0.39 is 4.92 Å². The van der Waals surface area contributed by atoms with Crippen LogP contribution >= 0.6 is 0 Å². The molecule has 0 aliphatic rings. The average Bonchev–Trinajstić information content (AvgIpc) is 2.26. The highest BCUT2D eigenvalue weighted by Gasteiger charge is 2.23. The summed E-state index contributed by atoms with van der Waals surface area (Å²) in [6, 6.07) is 3.37. The molecule has 0 aromatic carbocycles. The SMILES string of the molecule is CC(C)C(C)(C)CNc1cccnc1[N+](=O)[O-]. The number of anilines is 1. The van der Waals surface area contributed by atoms with Gasteiger partial charge in [-0.05, 0) is 33.4 Å². The molecule has 0 aliphatic carbocycles. The molecule has 0 unspecified atom stereocenters. The van der Waals surface area contributed by atoms with Crippen molar-refractivity contribution in [2.75, 3.05) is 11.9 Å². The maximum Gasteiger partial charge on any atom is 0.386 e. The lowest BCUT2D eigenvalue weighted by Crippen LogP contribution is -2.28. The lowest BCUT2D eigenvalue weighted by Gasteiger charge is -2.29. The van der Waals surface area contributed by atoms with Gasteiger partial charge in [-0.3, -0.25) is 0 Å². The summed E-state index contributed by atoms with van der Waals surface area (Å²) in [6.07, 6.45) is 1.43. The normalized spacial score (nSPS) is 11.6. The van der Waals surface area contributed by atoms with E-state index in [1.54, 1.807) is 12.1 Å². The highest BCUT2D eigenvalue weighted by molar-refractivity contribution is 5.56. The molecule has 0 saturated heterocycles. The van der Waals surface area contributed by atoms with Gasteiger partial charge in [-0.15, -0.1) is 0 Å². The zero-order valence-corrected chi connectivity index (χ0v) is 10.7. The molecule has 1 rings (SSSR count). The van der Waals surface area contributed by atoms with Gasteiger partial charge in [0.25, 0.3) is 0 Å². The number of aromatic nitrogens is 1. The van der Waals surface area contributed by atoms with Crippen molar-refractivity contribution in [3.63, 3.8) is 0 Å². The summed E-state index contributed by atoms with van der Waals surface area (Å²) in [4.78, 5) is 14.1. The Balaban J connectivity index is 2.79. The first kappa shape index (κ1) is 13.4. The fourth-order valence-corrected chi connectivity index (χ4v) is 1.21. The number of nitro groups is 1. The molecule has 5 nitrogen and oxygen atoms in total. The Kier molecular flexibility index (Phi) is 4.04. The largest absolute Gasteiger partial charge is 0.386 e. The molecule has 1 aromatic rings.